The molecule has 2 aromatic heterocycles. The Hall–Kier alpha value is -7.51. The number of aldehydes is 1. The molecule has 13 heteroatoms. The molecule has 4 heterocycles. The number of fused-ring (bicyclic) bond motifs is 2. The molecule has 0 saturated carbocycles. The quantitative estimate of drug-likeness (QED) is 0.124. The normalized spacial score (nSPS) is 17.9. The molecule has 2 saturated heterocycles. The predicted molar refractivity (Wildman–Crippen MR) is 328 cm³/mol. The second kappa shape index (κ2) is 25.5. The lowest BCUT2D eigenvalue weighted by atomic mass is 9.72. The molecule has 2 fully saturated rings. The Labute approximate surface area is 487 Å². The summed E-state index contributed by atoms with van der Waals surface area (Å²) in [5.41, 5.74) is 15.8. The Morgan fingerprint density at radius 3 is 1.60 bits per heavy atom. The third kappa shape index (κ3) is 14.3. The molecule has 81 heavy (non-hydrogen) atoms. The highest BCUT2D eigenvalue weighted by Gasteiger charge is 2.30. The zero-order valence-electron chi connectivity index (χ0n) is 46.9. The van der Waals surface area contributed by atoms with E-state index in [1.54, 1.807) is 18.0 Å². The number of hydrogen-bond donors (Lipinski definition) is 1. The van der Waals surface area contributed by atoms with Gasteiger partial charge in [0.05, 0.1) is 34.9 Å². The second-order valence-corrected chi connectivity index (χ2v) is 24.2. The molecule has 0 spiro atoms. The number of nitrogens with one attached hydrogen (secondary N) is 1. The van der Waals surface area contributed by atoms with Crippen LogP contribution in [0.4, 0.5) is 11.4 Å². The molecule has 0 atom stereocenters. The molecule has 11 nitrogen and oxygen atoms in total. The number of nitriles is 2. The van der Waals surface area contributed by atoms with Gasteiger partial charge in [0.1, 0.15) is 41.4 Å². The second-order valence-electron chi connectivity index (χ2n) is 23.3. The lowest BCUT2D eigenvalue weighted by Gasteiger charge is -2.39. The fourth-order valence-electron chi connectivity index (χ4n) is 11.5. The van der Waals surface area contributed by atoms with Crippen LogP contribution >= 0.6 is 23.2 Å². The number of pyridine rings is 2. The molecule has 2 aliphatic heterocycles. The Bertz CT molecular complexity index is 3480. The van der Waals surface area contributed by atoms with Crippen LogP contribution < -0.4 is 24.6 Å². The minimum Gasteiger partial charge on any atom is -0.454 e. The molecule has 0 unspecified atom stereocenters. The number of hydrogen-bond acceptors (Lipinski definition) is 11. The zero-order valence-corrected chi connectivity index (χ0v) is 48.4. The van der Waals surface area contributed by atoms with E-state index in [9.17, 15) is 15.3 Å². The highest BCUT2D eigenvalue weighted by atomic mass is 35.5. The van der Waals surface area contributed by atoms with Gasteiger partial charge in [-0.3, -0.25) is 19.7 Å². The summed E-state index contributed by atoms with van der Waals surface area (Å²) in [5.74, 6) is 2.48. The van der Waals surface area contributed by atoms with Gasteiger partial charge in [0.25, 0.3) is 0 Å². The van der Waals surface area contributed by atoms with Gasteiger partial charge in [-0.2, -0.15) is 10.5 Å². The van der Waals surface area contributed by atoms with Crippen LogP contribution in [0.15, 0.2) is 133 Å². The van der Waals surface area contributed by atoms with Crippen LogP contribution in [0.1, 0.15) is 111 Å². The van der Waals surface area contributed by atoms with Crippen LogP contribution in [0.2, 0.25) is 10.0 Å². The van der Waals surface area contributed by atoms with Gasteiger partial charge in [-0.15, -0.1) is 0 Å². The summed E-state index contributed by atoms with van der Waals surface area (Å²) in [6.07, 6.45) is 20.9. The van der Waals surface area contributed by atoms with Gasteiger partial charge in [0.15, 0.2) is 0 Å². The van der Waals surface area contributed by atoms with Crippen LogP contribution in [0.25, 0.3) is 23.3 Å². The molecular weight excluding hydrogens is 1050 g/mol. The van der Waals surface area contributed by atoms with Gasteiger partial charge in [0.2, 0.25) is 0 Å². The first-order chi connectivity index (χ1) is 39.2. The van der Waals surface area contributed by atoms with Gasteiger partial charge in [-0.1, -0.05) is 105 Å². The van der Waals surface area contributed by atoms with Crippen LogP contribution in [0, 0.1) is 33.5 Å². The minimum atomic E-state index is 0.279. The Balaban J connectivity index is 0.000000152. The highest BCUT2D eigenvalue weighted by molar-refractivity contribution is 6.30. The summed E-state index contributed by atoms with van der Waals surface area (Å²) in [4.78, 5) is 27.4. The van der Waals surface area contributed by atoms with E-state index in [1.807, 2.05) is 84.9 Å². The van der Waals surface area contributed by atoms with E-state index in [4.69, 9.17) is 32.7 Å². The van der Waals surface area contributed by atoms with Crippen molar-refractivity contribution in [3.05, 3.63) is 188 Å². The molecule has 4 aliphatic carbocycles. The molecular formula is C68H70Cl2N8O3. The number of nitrogens with zero attached hydrogens (tertiary/aromatic N) is 7. The molecule has 6 aromatic rings. The fourth-order valence-corrected chi connectivity index (χ4v) is 11.8. The van der Waals surface area contributed by atoms with Crippen LogP contribution in [-0.4, -0.2) is 80.1 Å². The van der Waals surface area contributed by atoms with E-state index in [0.717, 1.165) is 165 Å². The van der Waals surface area contributed by atoms with Crippen molar-refractivity contribution in [1.29, 1.82) is 10.5 Å². The van der Waals surface area contributed by atoms with Gasteiger partial charge in [-0.05, 0) is 149 Å². The van der Waals surface area contributed by atoms with E-state index in [-0.39, 0.29) is 5.41 Å². The number of benzene rings is 4. The van der Waals surface area contributed by atoms with E-state index >= 15 is 0 Å². The molecule has 12 rings (SSSR count). The first-order valence-corrected chi connectivity index (χ1v) is 29.1. The molecule has 414 valence electrons. The van der Waals surface area contributed by atoms with Gasteiger partial charge in [0, 0.05) is 105 Å². The topological polar surface area (TPSA) is 131 Å². The van der Waals surface area contributed by atoms with E-state index in [2.05, 4.69) is 106 Å². The first kappa shape index (κ1) is 56.8. The lowest BCUT2D eigenvalue weighted by molar-refractivity contribution is -0.105. The number of carbonyl (C=O) groups excluding carboxylic acids is 1. The summed E-state index contributed by atoms with van der Waals surface area (Å²) in [6, 6.07) is 36.3. The maximum atomic E-state index is 11.1. The molecule has 6 aliphatic rings. The average Bonchev–Trinajstić information content (AvgIpc) is 4.18. The van der Waals surface area contributed by atoms with Crippen molar-refractivity contribution < 1.29 is 14.3 Å². The highest BCUT2D eigenvalue weighted by Crippen LogP contribution is 2.45. The Kier molecular flexibility index (Phi) is 17.9. The third-order valence-corrected chi connectivity index (χ3v) is 16.8. The summed E-state index contributed by atoms with van der Waals surface area (Å²) in [5, 5.41) is 23.9. The van der Waals surface area contributed by atoms with Crippen molar-refractivity contribution in [2.45, 2.75) is 79.1 Å². The summed E-state index contributed by atoms with van der Waals surface area (Å²) >= 11 is 12.1. The van der Waals surface area contributed by atoms with Crippen molar-refractivity contribution in [3.8, 4) is 35.1 Å². The van der Waals surface area contributed by atoms with Crippen molar-refractivity contribution in [1.82, 2.24) is 20.2 Å². The van der Waals surface area contributed by atoms with E-state index in [1.165, 1.54) is 23.1 Å². The number of ether oxygens (including phenoxy) is 2. The van der Waals surface area contributed by atoms with Crippen LogP contribution in [0.3, 0.4) is 0 Å². The first-order valence-electron chi connectivity index (χ1n) is 28.3. The van der Waals surface area contributed by atoms with Crippen molar-refractivity contribution in [2.24, 2.45) is 10.8 Å². The van der Waals surface area contributed by atoms with Crippen LogP contribution in [0.5, 0.6) is 23.0 Å². The largest absolute Gasteiger partial charge is 0.454 e. The number of rotatable bonds is 11. The standard InChI is InChI=1S/C34H35ClN4O.C19H18N4O.C15H17ClO/c1-34(2)13-12-27(31(20-34)24-6-9-28(35)10-7-24)23-38-14-16-39(17-15-38)29-11-8-26(21-36)33(19-29)40-30-18-25-4-3-5-32(25)37-22-30;20-12-15-4-5-16(23-8-6-21-7-9-23)11-19(15)24-17-10-14-2-1-3-18(14)22-13-17;1-15(2)8-7-12(10-17)14(9-15)11-3-5-13(16)6-4-11/h3-4,6-11,18-19,22H,5,12-17,20,23H2,1-2H3;1-2,4-5,10-11,13,21H,3,6-9H2;3-6,10H,7-9H2,1-2H3. The van der Waals surface area contributed by atoms with Gasteiger partial charge < -0.3 is 24.6 Å². The van der Waals surface area contributed by atoms with E-state index in [0.29, 0.717) is 39.5 Å². The number of carbonyl (C=O) groups is 1. The third-order valence-electron chi connectivity index (χ3n) is 16.3. The maximum Gasteiger partial charge on any atom is 0.147 e. The number of anilines is 2. The summed E-state index contributed by atoms with van der Waals surface area (Å²) in [7, 11) is 0. The van der Waals surface area contributed by atoms with Crippen molar-refractivity contribution in [2.75, 3.05) is 68.7 Å². The maximum absolute atomic E-state index is 11.1. The number of allylic oxidation sites excluding steroid dienone is 5. The Morgan fingerprint density at radius 2 is 1.10 bits per heavy atom. The summed E-state index contributed by atoms with van der Waals surface area (Å²) in [6.45, 7) is 18.0. The molecule has 0 radical (unpaired) electrons. The number of aromatic nitrogens is 2. The van der Waals surface area contributed by atoms with Gasteiger partial charge in [-0.25, -0.2) is 0 Å². The van der Waals surface area contributed by atoms with Crippen molar-refractivity contribution in [3.63, 3.8) is 0 Å². The predicted octanol–water partition coefficient (Wildman–Crippen LogP) is 15.0. The van der Waals surface area contributed by atoms with Crippen LogP contribution in [-0.2, 0) is 17.6 Å². The molecule has 0 amide bonds. The Morgan fingerprint density at radius 1 is 0.617 bits per heavy atom. The summed E-state index contributed by atoms with van der Waals surface area (Å²) < 4.78 is 12.2. The zero-order chi connectivity index (χ0) is 56.5. The molecule has 0 bridgehead atoms. The monoisotopic (exact) mass is 1120 g/mol. The molecule has 4 aromatic carbocycles. The number of halogens is 2. The van der Waals surface area contributed by atoms with Crippen molar-refractivity contribution >= 4 is 64.2 Å². The van der Waals surface area contributed by atoms with Gasteiger partial charge >= 0.3 is 0 Å². The molecule has 1 N–H and O–H groups in total. The SMILES string of the molecule is CC1(C)CCC(C=O)=C(c2ccc(Cl)cc2)C1.CC1(C)CCC(CN2CCN(c3ccc(C#N)c(Oc4cnc5c(c4)C=CC5)c3)CC2)=C(c2ccc(Cl)cc2)C1.N#Cc1ccc(N2CCNCC2)cc1Oc1cnc2c(c1)C=CC2. The minimum absolute atomic E-state index is 0.279. The lowest BCUT2D eigenvalue weighted by Crippen LogP contribution is -2.47. The fraction of sp³-hybridized carbons (Fsp3) is 0.338. The van der Waals surface area contributed by atoms with E-state index < -0.39 is 0 Å². The number of piperazine rings is 2. The smallest absolute Gasteiger partial charge is 0.147 e. The average molecular weight is 1120 g/mol.